The molecule has 2 saturated carbocycles. The van der Waals surface area contributed by atoms with E-state index in [1.165, 1.54) is 19.3 Å². The van der Waals surface area contributed by atoms with Gasteiger partial charge in [0, 0.05) is 6.54 Å². The lowest BCUT2D eigenvalue weighted by atomic mass is 9.83. The third kappa shape index (κ3) is 1.91. The van der Waals surface area contributed by atoms with Gasteiger partial charge in [0.1, 0.15) is 11.6 Å². The molecule has 3 aliphatic rings. The van der Waals surface area contributed by atoms with E-state index >= 15 is 0 Å². The van der Waals surface area contributed by atoms with Crippen LogP contribution in [0.2, 0.25) is 0 Å². The Balaban J connectivity index is 1.81. The van der Waals surface area contributed by atoms with E-state index < -0.39 is 5.54 Å². The molecule has 1 aliphatic heterocycles. The molecule has 1 saturated heterocycles. The average molecular weight is 250 g/mol. The van der Waals surface area contributed by atoms with Crippen LogP contribution in [0.5, 0.6) is 0 Å². The van der Waals surface area contributed by atoms with Crippen molar-refractivity contribution in [2.24, 2.45) is 11.8 Å². The molecule has 0 aromatic carbocycles. The van der Waals surface area contributed by atoms with Gasteiger partial charge in [-0.05, 0) is 51.4 Å². The number of hydrogen-bond acceptors (Lipinski definition) is 2. The number of amides is 2. The highest BCUT2D eigenvalue weighted by Crippen LogP contribution is 2.39. The molecule has 1 heterocycles. The van der Waals surface area contributed by atoms with Gasteiger partial charge in [0.15, 0.2) is 0 Å². The SMILES string of the molecule is CC1(C)NC(=O)C(C2CC2)N(CC2CCC2)C1=O. The highest BCUT2D eigenvalue weighted by molar-refractivity contribution is 5.99. The predicted octanol–water partition coefficient (Wildman–Crippen LogP) is 1.30. The van der Waals surface area contributed by atoms with Crippen molar-refractivity contribution in [1.29, 1.82) is 0 Å². The van der Waals surface area contributed by atoms with Gasteiger partial charge in [-0.2, -0.15) is 0 Å². The van der Waals surface area contributed by atoms with Crippen molar-refractivity contribution < 1.29 is 9.59 Å². The Morgan fingerprint density at radius 2 is 1.89 bits per heavy atom. The van der Waals surface area contributed by atoms with Crippen LogP contribution < -0.4 is 5.32 Å². The van der Waals surface area contributed by atoms with Gasteiger partial charge >= 0.3 is 0 Å². The fraction of sp³-hybridized carbons (Fsp3) is 0.857. The summed E-state index contributed by atoms with van der Waals surface area (Å²) < 4.78 is 0. The number of piperazine rings is 1. The minimum atomic E-state index is -0.730. The Morgan fingerprint density at radius 1 is 1.22 bits per heavy atom. The van der Waals surface area contributed by atoms with E-state index in [0.717, 1.165) is 19.4 Å². The van der Waals surface area contributed by atoms with Crippen LogP contribution in [0.3, 0.4) is 0 Å². The summed E-state index contributed by atoms with van der Waals surface area (Å²) in [6, 6.07) is -0.189. The molecule has 4 heteroatoms. The molecule has 2 aliphatic carbocycles. The molecule has 0 radical (unpaired) electrons. The van der Waals surface area contributed by atoms with Gasteiger partial charge in [0.05, 0.1) is 0 Å². The zero-order valence-electron chi connectivity index (χ0n) is 11.2. The first-order valence-electron chi connectivity index (χ1n) is 7.12. The average Bonchev–Trinajstić information content (AvgIpc) is 3.01. The van der Waals surface area contributed by atoms with Gasteiger partial charge < -0.3 is 10.2 Å². The number of nitrogens with one attached hydrogen (secondary N) is 1. The Morgan fingerprint density at radius 3 is 2.39 bits per heavy atom. The van der Waals surface area contributed by atoms with E-state index in [1.54, 1.807) is 0 Å². The zero-order chi connectivity index (χ0) is 12.9. The molecule has 2 amide bonds. The van der Waals surface area contributed by atoms with E-state index in [2.05, 4.69) is 5.32 Å². The molecule has 100 valence electrons. The summed E-state index contributed by atoms with van der Waals surface area (Å²) in [5.74, 6) is 1.19. The van der Waals surface area contributed by atoms with Crippen LogP contribution in [-0.4, -0.2) is 34.8 Å². The smallest absolute Gasteiger partial charge is 0.248 e. The molecule has 0 aromatic heterocycles. The zero-order valence-corrected chi connectivity index (χ0v) is 11.2. The lowest BCUT2D eigenvalue weighted by molar-refractivity contribution is -0.155. The Bertz CT molecular complexity index is 383. The van der Waals surface area contributed by atoms with E-state index in [0.29, 0.717) is 11.8 Å². The first-order valence-corrected chi connectivity index (χ1v) is 7.12. The van der Waals surface area contributed by atoms with Crippen LogP contribution in [0.4, 0.5) is 0 Å². The molecule has 4 nitrogen and oxygen atoms in total. The molecular formula is C14H22N2O2. The third-order valence-electron chi connectivity index (χ3n) is 4.58. The lowest BCUT2D eigenvalue weighted by Crippen LogP contribution is -2.69. The van der Waals surface area contributed by atoms with Gasteiger partial charge in [-0.25, -0.2) is 0 Å². The Hall–Kier alpha value is -1.06. The predicted molar refractivity (Wildman–Crippen MR) is 67.8 cm³/mol. The second-order valence-electron chi connectivity index (χ2n) is 6.65. The highest BCUT2D eigenvalue weighted by Gasteiger charge is 2.51. The first kappa shape index (κ1) is 12.0. The van der Waals surface area contributed by atoms with Crippen molar-refractivity contribution in [1.82, 2.24) is 10.2 Å². The van der Waals surface area contributed by atoms with E-state index in [-0.39, 0.29) is 17.9 Å². The number of carbonyl (C=O) groups is 2. The fourth-order valence-electron chi connectivity index (χ4n) is 3.09. The minimum Gasteiger partial charge on any atom is -0.340 e. The maximum absolute atomic E-state index is 12.5. The summed E-state index contributed by atoms with van der Waals surface area (Å²) in [6.07, 6.45) is 5.88. The topological polar surface area (TPSA) is 49.4 Å². The molecular weight excluding hydrogens is 228 g/mol. The van der Waals surface area contributed by atoms with Crippen LogP contribution in [0, 0.1) is 11.8 Å². The van der Waals surface area contributed by atoms with Crippen LogP contribution in [0.25, 0.3) is 0 Å². The quantitative estimate of drug-likeness (QED) is 0.821. The fourth-order valence-corrected chi connectivity index (χ4v) is 3.09. The molecule has 0 bridgehead atoms. The van der Waals surface area contributed by atoms with Gasteiger partial charge in [0.25, 0.3) is 0 Å². The normalized spacial score (nSPS) is 32.1. The summed E-state index contributed by atoms with van der Waals surface area (Å²) in [7, 11) is 0. The van der Waals surface area contributed by atoms with Crippen molar-refractivity contribution >= 4 is 11.8 Å². The lowest BCUT2D eigenvalue weighted by Gasteiger charge is -2.45. The molecule has 18 heavy (non-hydrogen) atoms. The monoisotopic (exact) mass is 250 g/mol. The van der Waals surface area contributed by atoms with Crippen LogP contribution in [0.1, 0.15) is 46.0 Å². The first-order chi connectivity index (χ1) is 8.49. The number of carbonyl (C=O) groups excluding carboxylic acids is 2. The summed E-state index contributed by atoms with van der Waals surface area (Å²) in [5, 5.41) is 2.89. The Kier molecular flexibility index (Phi) is 2.65. The summed E-state index contributed by atoms with van der Waals surface area (Å²) >= 11 is 0. The molecule has 1 unspecified atom stereocenters. The van der Waals surface area contributed by atoms with Gasteiger partial charge in [-0.1, -0.05) is 6.42 Å². The van der Waals surface area contributed by atoms with Gasteiger partial charge in [-0.15, -0.1) is 0 Å². The molecule has 3 fully saturated rings. The molecule has 1 N–H and O–H groups in total. The molecule has 3 rings (SSSR count). The van der Waals surface area contributed by atoms with Gasteiger partial charge in [0.2, 0.25) is 11.8 Å². The highest BCUT2D eigenvalue weighted by atomic mass is 16.2. The van der Waals surface area contributed by atoms with Crippen molar-refractivity contribution in [3.63, 3.8) is 0 Å². The van der Waals surface area contributed by atoms with E-state index in [9.17, 15) is 9.59 Å². The van der Waals surface area contributed by atoms with Crippen LogP contribution >= 0.6 is 0 Å². The maximum Gasteiger partial charge on any atom is 0.248 e. The van der Waals surface area contributed by atoms with Crippen molar-refractivity contribution in [3.05, 3.63) is 0 Å². The van der Waals surface area contributed by atoms with Crippen LogP contribution in [0.15, 0.2) is 0 Å². The standard InChI is InChI=1S/C14H22N2O2/c1-14(2)13(18)16(8-9-4-3-5-9)11(10-6-7-10)12(17)15-14/h9-11H,3-8H2,1-2H3,(H,15,17). The van der Waals surface area contributed by atoms with E-state index in [1.807, 2.05) is 18.7 Å². The second-order valence-corrected chi connectivity index (χ2v) is 6.65. The largest absolute Gasteiger partial charge is 0.340 e. The number of nitrogens with zero attached hydrogens (tertiary/aromatic N) is 1. The molecule has 0 aromatic rings. The number of hydrogen-bond donors (Lipinski definition) is 1. The van der Waals surface area contributed by atoms with Gasteiger partial charge in [-0.3, -0.25) is 9.59 Å². The van der Waals surface area contributed by atoms with Crippen LogP contribution in [-0.2, 0) is 9.59 Å². The van der Waals surface area contributed by atoms with Crippen molar-refractivity contribution in [3.8, 4) is 0 Å². The maximum atomic E-state index is 12.5. The minimum absolute atomic E-state index is 0.0569. The molecule has 0 spiro atoms. The summed E-state index contributed by atoms with van der Waals surface area (Å²) in [6.45, 7) is 4.41. The number of rotatable bonds is 3. The Labute approximate surface area is 108 Å². The van der Waals surface area contributed by atoms with Crippen molar-refractivity contribution in [2.75, 3.05) is 6.54 Å². The second kappa shape index (κ2) is 3.97. The summed E-state index contributed by atoms with van der Waals surface area (Å²) in [4.78, 5) is 26.6. The molecule has 1 atom stereocenters. The van der Waals surface area contributed by atoms with Crippen molar-refractivity contribution in [2.45, 2.75) is 57.5 Å². The summed E-state index contributed by atoms with van der Waals surface area (Å²) in [5.41, 5.74) is -0.730. The third-order valence-corrected chi connectivity index (χ3v) is 4.58. The van der Waals surface area contributed by atoms with E-state index in [4.69, 9.17) is 0 Å².